The summed E-state index contributed by atoms with van der Waals surface area (Å²) in [6, 6.07) is 8.93. The van der Waals surface area contributed by atoms with Gasteiger partial charge in [-0.1, -0.05) is 41.4 Å². The maximum absolute atomic E-state index is 13.1. The Morgan fingerprint density at radius 2 is 1.65 bits per heavy atom. The zero-order valence-corrected chi connectivity index (χ0v) is 27.1. The van der Waals surface area contributed by atoms with Gasteiger partial charge in [0.25, 0.3) is 0 Å². The fraction of sp³-hybridized carbons (Fsp3) is 0.310. The van der Waals surface area contributed by atoms with Crippen LogP contribution in [0.25, 0.3) is 0 Å². The lowest BCUT2D eigenvalue weighted by atomic mass is 10.0. The van der Waals surface area contributed by atoms with Crippen molar-refractivity contribution in [3.63, 3.8) is 0 Å². The number of nitrogens with one attached hydrogen (secondary N) is 2. The molecule has 0 bridgehead atoms. The monoisotopic (exact) mass is 687 g/mol. The third-order valence-electron chi connectivity index (χ3n) is 6.10. The fourth-order valence-electron chi connectivity index (χ4n) is 3.67. The van der Waals surface area contributed by atoms with Crippen molar-refractivity contribution in [1.29, 1.82) is 0 Å². The van der Waals surface area contributed by atoms with Gasteiger partial charge in [0, 0.05) is 31.4 Å². The highest BCUT2D eigenvalue weighted by molar-refractivity contribution is 6.41. The van der Waals surface area contributed by atoms with Gasteiger partial charge in [0.05, 0.1) is 19.9 Å². The Morgan fingerprint density at radius 1 is 1.04 bits per heavy atom. The molecule has 1 heterocycles. The number of halogens is 5. The third kappa shape index (κ3) is 10.9. The molecule has 12 nitrogen and oxygen atoms in total. The number of aromatic nitrogens is 2. The third-order valence-corrected chi connectivity index (χ3v) is 6.85. The summed E-state index contributed by atoms with van der Waals surface area (Å²) < 4.78 is 42.3. The van der Waals surface area contributed by atoms with Gasteiger partial charge in [0.1, 0.15) is 39.5 Å². The first-order valence-electron chi connectivity index (χ1n) is 13.3. The van der Waals surface area contributed by atoms with E-state index >= 15 is 0 Å². The number of nitrogens with zero attached hydrogens (tertiary/aromatic N) is 4. The summed E-state index contributed by atoms with van der Waals surface area (Å²) in [6.45, 7) is 0.946. The normalized spacial score (nSPS) is 11.1. The highest BCUT2D eigenvalue weighted by Crippen LogP contribution is 2.44. The highest BCUT2D eigenvalue weighted by atomic mass is 35.5. The van der Waals surface area contributed by atoms with E-state index in [0.717, 1.165) is 24.2 Å². The number of ether oxygens (including phenoxy) is 2. The fourth-order valence-corrected chi connectivity index (χ4v) is 4.26. The molecule has 0 radical (unpaired) electrons. The molecular formula is C29H34Cl2F3N7O5. The van der Waals surface area contributed by atoms with Crippen molar-refractivity contribution in [2.75, 3.05) is 57.4 Å². The van der Waals surface area contributed by atoms with Crippen molar-refractivity contribution < 1.29 is 37.3 Å². The van der Waals surface area contributed by atoms with Crippen molar-refractivity contribution >= 4 is 58.2 Å². The van der Waals surface area contributed by atoms with Crippen LogP contribution < -0.4 is 30.7 Å². The van der Waals surface area contributed by atoms with E-state index < -0.39 is 18.2 Å². The number of aliphatic carboxylic acids is 1. The first-order valence-corrected chi connectivity index (χ1v) is 14.1. The number of alkyl halides is 3. The molecule has 46 heavy (non-hydrogen) atoms. The Labute approximate surface area is 273 Å². The van der Waals surface area contributed by atoms with Crippen LogP contribution in [0.1, 0.15) is 11.1 Å². The molecule has 0 atom stereocenters. The number of benzene rings is 2. The molecule has 0 aliphatic heterocycles. The standard InChI is InChI=1S/C27H33Cl2N7O3.C2HF3O2/c1-35(2)12-10-17-8-9-19(18(13-17)7-6-11-30)33-22-15-23(32-16-31-22)36(3)27(37)34-26-24(28)20(38-4)14-21(39-5)25(26)29;3-2(4,5)1(6)7/h6,8-9,11,13-16H,7,10,12,30H2,1-5H3,(H,34,37)(H,31,32,33);(H,6,7). The number of nitrogens with two attached hydrogens (primary N) is 1. The van der Waals surface area contributed by atoms with Gasteiger partial charge in [-0.25, -0.2) is 19.6 Å². The summed E-state index contributed by atoms with van der Waals surface area (Å²) in [6.07, 6.45) is 1.30. The first kappa shape index (κ1) is 37.7. The molecule has 2 amide bonds. The molecule has 2 aromatic carbocycles. The molecule has 3 rings (SSSR count). The smallest absolute Gasteiger partial charge is 0.490 e. The van der Waals surface area contributed by atoms with Gasteiger partial charge in [-0.3, -0.25) is 4.90 Å². The number of hydrogen-bond donors (Lipinski definition) is 4. The number of hydrogen-bond acceptors (Lipinski definition) is 9. The summed E-state index contributed by atoms with van der Waals surface area (Å²) in [4.78, 5) is 34.1. The second-order valence-electron chi connectivity index (χ2n) is 9.64. The molecule has 3 aromatic rings. The van der Waals surface area contributed by atoms with Crippen LogP contribution in [0.2, 0.25) is 10.0 Å². The van der Waals surface area contributed by atoms with Gasteiger partial charge in [-0.2, -0.15) is 13.2 Å². The number of anilines is 4. The number of carbonyl (C=O) groups excluding carboxylic acids is 1. The van der Waals surface area contributed by atoms with E-state index in [1.165, 1.54) is 37.2 Å². The van der Waals surface area contributed by atoms with Gasteiger partial charge < -0.3 is 35.8 Å². The van der Waals surface area contributed by atoms with Crippen LogP contribution in [0.3, 0.4) is 0 Å². The minimum atomic E-state index is -5.08. The topological polar surface area (TPSA) is 155 Å². The van der Waals surface area contributed by atoms with E-state index in [0.29, 0.717) is 29.6 Å². The van der Waals surface area contributed by atoms with Gasteiger partial charge in [0.2, 0.25) is 0 Å². The number of carbonyl (C=O) groups is 2. The number of allylic oxidation sites excluding steroid dienone is 1. The lowest BCUT2D eigenvalue weighted by Crippen LogP contribution is -2.32. The summed E-state index contributed by atoms with van der Waals surface area (Å²) in [5.41, 5.74) is 8.92. The summed E-state index contributed by atoms with van der Waals surface area (Å²) in [7, 11) is 8.58. The molecule has 5 N–H and O–H groups in total. The Morgan fingerprint density at radius 3 is 2.17 bits per heavy atom. The summed E-state index contributed by atoms with van der Waals surface area (Å²) in [5.74, 6) is -1.29. The lowest BCUT2D eigenvalue weighted by Gasteiger charge is -2.20. The van der Waals surface area contributed by atoms with Crippen LogP contribution >= 0.6 is 23.2 Å². The highest BCUT2D eigenvalue weighted by Gasteiger charge is 2.38. The van der Waals surface area contributed by atoms with Gasteiger partial charge in [-0.15, -0.1) is 0 Å². The molecule has 0 unspecified atom stereocenters. The zero-order chi connectivity index (χ0) is 34.6. The van der Waals surface area contributed by atoms with Crippen molar-refractivity contribution in [3.8, 4) is 11.5 Å². The molecule has 0 aliphatic carbocycles. The van der Waals surface area contributed by atoms with E-state index in [2.05, 4.69) is 51.7 Å². The Kier molecular flexibility index (Phi) is 14.2. The van der Waals surface area contributed by atoms with Crippen LogP contribution in [-0.4, -0.2) is 80.1 Å². The number of amides is 2. The van der Waals surface area contributed by atoms with Crippen molar-refractivity contribution in [1.82, 2.24) is 14.9 Å². The van der Waals surface area contributed by atoms with Crippen LogP contribution in [0.15, 0.2) is 48.9 Å². The zero-order valence-electron chi connectivity index (χ0n) is 25.6. The van der Waals surface area contributed by atoms with E-state index in [1.807, 2.05) is 12.1 Å². The van der Waals surface area contributed by atoms with Crippen molar-refractivity contribution in [2.45, 2.75) is 19.0 Å². The Hall–Kier alpha value is -4.47. The van der Waals surface area contributed by atoms with Crippen molar-refractivity contribution in [2.24, 2.45) is 5.73 Å². The molecule has 250 valence electrons. The minimum absolute atomic E-state index is 0.142. The second kappa shape index (κ2) is 17.3. The number of urea groups is 1. The number of likely N-dealkylation sites (N-methyl/N-ethyl adjacent to an activating group) is 1. The van der Waals surface area contributed by atoms with Gasteiger partial charge in [-0.05, 0) is 50.3 Å². The summed E-state index contributed by atoms with van der Waals surface area (Å²) in [5, 5.41) is 13.5. The quantitative estimate of drug-likeness (QED) is 0.190. The number of rotatable bonds is 11. The molecule has 0 saturated carbocycles. The maximum Gasteiger partial charge on any atom is 0.490 e. The molecule has 1 aromatic heterocycles. The number of carboxylic acid groups (broad SMARTS) is 1. The number of carboxylic acids is 1. The minimum Gasteiger partial charge on any atom is -0.495 e. The Bertz CT molecular complexity index is 1510. The van der Waals surface area contributed by atoms with Crippen LogP contribution in [0, 0.1) is 0 Å². The molecule has 0 aliphatic rings. The SMILES string of the molecule is COc1cc(OC)c(Cl)c(NC(=O)N(C)c2cc(Nc3ccc(CCN(C)C)cc3CC=CN)ncn2)c1Cl.O=C(O)C(F)(F)F. The average Bonchev–Trinajstić information content (AvgIpc) is 3.01. The van der Waals surface area contributed by atoms with Crippen LogP contribution in [-0.2, 0) is 17.6 Å². The predicted octanol–water partition coefficient (Wildman–Crippen LogP) is 5.96. The summed E-state index contributed by atoms with van der Waals surface area (Å²) >= 11 is 12.8. The van der Waals surface area contributed by atoms with Gasteiger partial charge in [0.15, 0.2) is 0 Å². The van der Waals surface area contributed by atoms with Crippen molar-refractivity contribution in [3.05, 3.63) is 70.1 Å². The average molecular weight is 689 g/mol. The van der Waals surface area contributed by atoms with Crippen LogP contribution in [0.4, 0.5) is 41.0 Å². The van der Waals surface area contributed by atoms with Gasteiger partial charge >= 0.3 is 18.2 Å². The second-order valence-corrected chi connectivity index (χ2v) is 10.4. The van der Waals surface area contributed by atoms with Crippen LogP contribution in [0.5, 0.6) is 11.5 Å². The Balaban J connectivity index is 0.000000942. The van der Waals surface area contributed by atoms with E-state index in [-0.39, 0.29) is 15.7 Å². The van der Waals surface area contributed by atoms with E-state index in [1.54, 1.807) is 19.2 Å². The lowest BCUT2D eigenvalue weighted by molar-refractivity contribution is -0.192. The number of methoxy groups -OCH3 is 2. The van der Waals surface area contributed by atoms with E-state index in [9.17, 15) is 18.0 Å². The molecule has 17 heteroatoms. The molecular weight excluding hydrogens is 654 g/mol. The molecule has 0 spiro atoms. The largest absolute Gasteiger partial charge is 0.495 e. The maximum atomic E-state index is 13.1. The molecule has 0 fully saturated rings. The molecule has 0 saturated heterocycles. The predicted molar refractivity (Wildman–Crippen MR) is 172 cm³/mol. The van der Waals surface area contributed by atoms with E-state index in [4.69, 9.17) is 48.3 Å². The first-order chi connectivity index (χ1) is 21.6.